The van der Waals surface area contributed by atoms with Crippen LogP contribution < -0.4 is 16.2 Å². The maximum Gasteiger partial charge on any atom is 0.320 e. The van der Waals surface area contributed by atoms with Gasteiger partial charge in [-0.2, -0.15) is 0 Å². The second-order valence-corrected chi connectivity index (χ2v) is 5.70. The second-order valence-electron chi connectivity index (χ2n) is 5.70. The first-order chi connectivity index (χ1) is 11.6. The summed E-state index contributed by atoms with van der Waals surface area (Å²) in [6.45, 7) is 1.17. The third kappa shape index (κ3) is 3.80. The Balaban J connectivity index is 1.51. The molecular formula is C17H20N4O3. The molecule has 0 fully saturated rings. The molecule has 126 valence electrons. The van der Waals surface area contributed by atoms with Gasteiger partial charge in [-0.25, -0.2) is 9.78 Å². The number of carbonyl (C=O) groups is 1. The van der Waals surface area contributed by atoms with Gasteiger partial charge in [-0.3, -0.25) is 10.1 Å². The van der Waals surface area contributed by atoms with E-state index < -0.39 is 0 Å². The van der Waals surface area contributed by atoms with Crippen LogP contribution in [0.15, 0.2) is 41.5 Å². The first-order valence-corrected chi connectivity index (χ1v) is 7.90. The number of fused-ring (bicyclic) bond motifs is 1. The summed E-state index contributed by atoms with van der Waals surface area (Å²) in [7, 11) is 1.60. The number of anilines is 1. The lowest BCUT2D eigenvalue weighted by molar-refractivity contribution is 0.0373. The Morgan fingerprint density at radius 3 is 3.08 bits per heavy atom. The van der Waals surface area contributed by atoms with Gasteiger partial charge >= 0.3 is 6.03 Å². The molecule has 1 atom stereocenters. The van der Waals surface area contributed by atoms with Crippen LogP contribution in [-0.4, -0.2) is 28.7 Å². The molecular weight excluding hydrogens is 308 g/mol. The number of aryl methyl sites for hydroxylation is 1. The number of aromatic nitrogens is 2. The fraction of sp³-hybridized carbons (Fsp3) is 0.353. The molecule has 2 heterocycles. The highest BCUT2D eigenvalue weighted by Gasteiger charge is 2.20. The van der Waals surface area contributed by atoms with Gasteiger partial charge in [0.1, 0.15) is 5.82 Å². The standard InChI is InChI=1S/C17H20N4O3/c1-21-11-19-15(10-16(21)22)20-17(23)18-8-6-14-13-5-3-2-4-12(13)7-9-24-14/h2-5,10-11,14H,6-9H2,1H3,(H2,18,20,23). The predicted molar refractivity (Wildman–Crippen MR) is 90.0 cm³/mol. The van der Waals surface area contributed by atoms with Crippen LogP contribution in [0.5, 0.6) is 0 Å². The zero-order valence-electron chi connectivity index (χ0n) is 13.5. The minimum Gasteiger partial charge on any atom is -0.373 e. The highest BCUT2D eigenvalue weighted by atomic mass is 16.5. The van der Waals surface area contributed by atoms with E-state index in [1.165, 1.54) is 28.1 Å². The Morgan fingerprint density at radius 2 is 2.25 bits per heavy atom. The summed E-state index contributed by atoms with van der Waals surface area (Å²) in [5, 5.41) is 5.32. The first-order valence-electron chi connectivity index (χ1n) is 7.90. The lowest BCUT2D eigenvalue weighted by Gasteiger charge is -2.26. The van der Waals surface area contributed by atoms with E-state index in [0.717, 1.165) is 6.42 Å². The lowest BCUT2D eigenvalue weighted by atomic mass is 9.96. The molecule has 2 amide bonds. The number of amides is 2. The number of benzene rings is 1. The summed E-state index contributed by atoms with van der Waals surface area (Å²) in [5.41, 5.74) is 2.27. The Morgan fingerprint density at radius 1 is 1.42 bits per heavy atom. The van der Waals surface area contributed by atoms with Crippen molar-refractivity contribution in [2.45, 2.75) is 18.9 Å². The van der Waals surface area contributed by atoms with Crippen molar-refractivity contribution in [3.8, 4) is 0 Å². The molecule has 24 heavy (non-hydrogen) atoms. The molecule has 0 spiro atoms. The lowest BCUT2D eigenvalue weighted by Crippen LogP contribution is -2.32. The zero-order chi connectivity index (χ0) is 16.9. The largest absolute Gasteiger partial charge is 0.373 e. The van der Waals surface area contributed by atoms with E-state index in [1.807, 2.05) is 12.1 Å². The topological polar surface area (TPSA) is 85.2 Å². The minimum atomic E-state index is -0.389. The zero-order valence-corrected chi connectivity index (χ0v) is 13.5. The maximum atomic E-state index is 11.9. The molecule has 0 saturated heterocycles. The summed E-state index contributed by atoms with van der Waals surface area (Å²) in [6, 6.07) is 9.11. The first kappa shape index (κ1) is 16.2. The second kappa shape index (κ2) is 7.27. The Bertz CT molecular complexity index is 787. The molecule has 0 bridgehead atoms. The summed E-state index contributed by atoms with van der Waals surface area (Å²) in [5.74, 6) is 0.231. The number of ether oxygens (including phenoxy) is 1. The average molecular weight is 328 g/mol. The van der Waals surface area contributed by atoms with Gasteiger partial charge in [0, 0.05) is 19.7 Å². The van der Waals surface area contributed by atoms with Crippen molar-refractivity contribution in [3.05, 3.63) is 58.1 Å². The molecule has 2 N–H and O–H groups in total. The summed E-state index contributed by atoms with van der Waals surface area (Å²) >= 11 is 0. The maximum absolute atomic E-state index is 11.9. The molecule has 1 aliphatic heterocycles. The highest BCUT2D eigenvalue weighted by molar-refractivity contribution is 5.88. The van der Waals surface area contributed by atoms with Gasteiger partial charge in [-0.05, 0) is 24.0 Å². The van der Waals surface area contributed by atoms with Crippen LogP contribution in [0.25, 0.3) is 0 Å². The number of hydrogen-bond acceptors (Lipinski definition) is 4. The van der Waals surface area contributed by atoms with E-state index in [-0.39, 0.29) is 23.5 Å². The molecule has 2 aromatic rings. The van der Waals surface area contributed by atoms with Gasteiger partial charge < -0.3 is 14.6 Å². The Hall–Kier alpha value is -2.67. The summed E-state index contributed by atoms with van der Waals surface area (Å²) in [6.07, 6.45) is 2.98. The van der Waals surface area contributed by atoms with Gasteiger partial charge in [-0.1, -0.05) is 24.3 Å². The van der Waals surface area contributed by atoms with Crippen LogP contribution in [0, 0.1) is 0 Å². The number of nitrogens with zero attached hydrogens (tertiary/aromatic N) is 2. The third-order valence-electron chi connectivity index (χ3n) is 4.00. The van der Waals surface area contributed by atoms with Crippen LogP contribution in [-0.2, 0) is 18.2 Å². The number of hydrogen-bond donors (Lipinski definition) is 2. The molecule has 1 aromatic carbocycles. The van der Waals surface area contributed by atoms with E-state index in [2.05, 4.69) is 27.8 Å². The highest BCUT2D eigenvalue weighted by Crippen LogP contribution is 2.28. The normalized spacial score (nSPS) is 16.3. The quantitative estimate of drug-likeness (QED) is 0.893. The fourth-order valence-electron chi connectivity index (χ4n) is 2.72. The molecule has 0 radical (unpaired) electrons. The van der Waals surface area contributed by atoms with Gasteiger partial charge in [0.05, 0.1) is 19.0 Å². The Kier molecular flexibility index (Phi) is 4.90. The van der Waals surface area contributed by atoms with E-state index >= 15 is 0 Å². The fourth-order valence-corrected chi connectivity index (χ4v) is 2.72. The number of carbonyl (C=O) groups excluding carboxylic acids is 1. The monoisotopic (exact) mass is 328 g/mol. The van der Waals surface area contributed by atoms with Crippen LogP contribution in [0.1, 0.15) is 23.7 Å². The van der Waals surface area contributed by atoms with E-state index in [4.69, 9.17) is 4.74 Å². The predicted octanol–water partition coefficient (Wildman–Crippen LogP) is 1.61. The number of rotatable bonds is 4. The molecule has 1 unspecified atom stereocenters. The van der Waals surface area contributed by atoms with E-state index in [0.29, 0.717) is 19.6 Å². The van der Waals surface area contributed by atoms with Crippen LogP contribution in [0.3, 0.4) is 0 Å². The molecule has 7 nitrogen and oxygen atoms in total. The van der Waals surface area contributed by atoms with Crippen LogP contribution >= 0.6 is 0 Å². The number of nitrogens with one attached hydrogen (secondary N) is 2. The summed E-state index contributed by atoms with van der Waals surface area (Å²) < 4.78 is 7.14. The van der Waals surface area contributed by atoms with Crippen molar-refractivity contribution < 1.29 is 9.53 Å². The average Bonchev–Trinajstić information content (AvgIpc) is 2.58. The minimum absolute atomic E-state index is 0.00241. The molecule has 1 aromatic heterocycles. The van der Waals surface area contributed by atoms with Crippen LogP contribution in [0.2, 0.25) is 0 Å². The Labute approximate surface area is 139 Å². The molecule has 0 saturated carbocycles. The molecule has 3 rings (SSSR count). The van der Waals surface area contributed by atoms with Crippen molar-refractivity contribution in [1.82, 2.24) is 14.9 Å². The molecule has 0 aliphatic carbocycles. The van der Waals surface area contributed by atoms with Crippen molar-refractivity contribution >= 4 is 11.8 Å². The van der Waals surface area contributed by atoms with Gasteiger partial charge in [0.25, 0.3) is 5.56 Å². The molecule has 1 aliphatic rings. The van der Waals surface area contributed by atoms with Crippen molar-refractivity contribution in [1.29, 1.82) is 0 Å². The van der Waals surface area contributed by atoms with Crippen molar-refractivity contribution in [2.75, 3.05) is 18.5 Å². The molecule has 7 heteroatoms. The number of urea groups is 1. The van der Waals surface area contributed by atoms with E-state index in [9.17, 15) is 9.59 Å². The van der Waals surface area contributed by atoms with E-state index in [1.54, 1.807) is 7.05 Å². The summed E-state index contributed by atoms with van der Waals surface area (Å²) in [4.78, 5) is 27.4. The van der Waals surface area contributed by atoms with Crippen molar-refractivity contribution in [3.63, 3.8) is 0 Å². The van der Waals surface area contributed by atoms with Gasteiger partial charge in [0.2, 0.25) is 0 Å². The van der Waals surface area contributed by atoms with Gasteiger partial charge in [0.15, 0.2) is 0 Å². The smallest absolute Gasteiger partial charge is 0.320 e. The van der Waals surface area contributed by atoms with Gasteiger partial charge in [-0.15, -0.1) is 0 Å². The van der Waals surface area contributed by atoms with Crippen LogP contribution in [0.4, 0.5) is 10.6 Å². The van der Waals surface area contributed by atoms with Crippen molar-refractivity contribution in [2.24, 2.45) is 7.05 Å². The SMILES string of the molecule is Cn1cnc(NC(=O)NCCC2OCCc3ccccc32)cc1=O. The third-order valence-corrected chi connectivity index (χ3v) is 4.00.